The first kappa shape index (κ1) is 34.1. The molecule has 1 N–H and O–H groups in total. The molecule has 0 saturated carbocycles. The van der Waals surface area contributed by atoms with Crippen LogP contribution in [0, 0.1) is 0 Å². The number of rotatable bonds is 15. The van der Waals surface area contributed by atoms with Crippen LogP contribution in [0.3, 0.4) is 0 Å². The van der Waals surface area contributed by atoms with Crippen molar-refractivity contribution in [3.05, 3.63) is 120 Å². The summed E-state index contributed by atoms with van der Waals surface area (Å²) in [4.78, 5) is 29.8. The number of amides is 2. The SMILES string of the molecule is CCC(C)NC(=O)C(Cc1ccccc1)N(Cc1ccccc1)C(=O)CN(c1ccccc1)S(=O)(=O)c1ccc(OC)c(OC)c1. The fourth-order valence-electron chi connectivity index (χ4n) is 5.00. The van der Waals surface area contributed by atoms with Gasteiger partial charge in [0.1, 0.15) is 12.6 Å². The Labute approximate surface area is 271 Å². The van der Waals surface area contributed by atoms with Crippen LogP contribution in [0.15, 0.2) is 114 Å². The van der Waals surface area contributed by atoms with E-state index < -0.39 is 28.5 Å². The van der Waals surface area contributed by atoms with Gasteiger partial charge in [-0.15, -0.1) is 0 Å². The number of anilines is 1. The summed E-state index contributed by atoms with van der Waals surface area (Å²) in [6, 6.07) is 30.5. The number of carbonyl (C=O) groups excluding carboxylic acids is 2. The van der Waals surface area contributed by atoms with Gasteiger partial charge < -0.3 is 19.7 Å². The molecule has 0 radical (unpaired) electrons. The number of hydrogen-bond acceptors (Lipinski definition) is 6. The molecule has 0 aliphatic carbocycles. The van der Waals surface area contributed by atoms with Crippen molar-refractivity contribution in [1.82, 2.24) is 10.2 Å². The van der Waals surface area contributed by atoms with E-state index in [9.17, 15) is 18.0 Å². The van der Waals surface area contributed by atoms with E-state index in [0.717, 1.165) is 15.4 Å². The van der Waals surface area contributed by atoms with Crippen LogP contribution in [0.5, 0.6) is 11.5 Å². The standard InChI is InChI=1S/C36H41N3O6S/c1-5-27(2)37-36(41)32(23-28-15-9-6-10-16-28)38(25-29-17-11-7-12-18-29)35(40)26-39(30-19-13-8-14-20-30)46(42,43)31-21-22-33(44-3)34(24-31)45-4/h6-22,24,27,32H,5,23,25-26H2,1-4H3,(H,37,41). The molecule has 4 rings (SSSR count). The zero-order valence-electron chi connectivity index (χ0n) is 26.6. The fourth-order valence-corrected chi connectivity index (χ4v) is 6.43. The molecule has 0 aromatic heterocycles. The molecular weight excluding hydrogens is 602 g/mol. The number of para-hydroxylation sites is 1. The largest absolute Gasteiger partial charge is 0.493 e. The molecule has 9 nitrogen and oxygen atoms in total. The molecule has 46 heavy (non-hydrogen) atoms. The molecule has 0 spiro atoms. The average molecular weight is 644 g/mol. The highest BCUT2D eigenvalue weighted by molar-refractivity contribution is 7.92. The number of carbonyl (C=O) groups is 2. The Bertz CT molecular complexity index is 1690. The second-order valence-corrected chi connectivity index (χ2v) is 12.8. The molecule has 0 fully saturated rings. The summed E-state index contributed by atoms with van der Waals surface area (Å²) in [6.45, 7) is 3.44. The molecule has 10 heteroatoms. The van der Waals surface area contributed by atoms with E-state index >= 15 is 0 Å². The van der Waals surface area contributed by atoms with Crippen LogP contribution in [0.25, 0.3) is 0 Å². The molecule has 0 saturated heterocycles. The molecule has 2 unspecified atom stereocenters. The van der Waals surface area contributed by atoms with Crippen molar-refractivity contribution in [3.63, 3.8) is 0 Å². The van der Waals surface area contributed by atoms with Gasteiger partial charge in [-0.2, -0.15) is 0 Å². The van der Waals surface area contributed by atoms with Crippen molar-refractivity contribution in [2.75, 3.05) is 25.1 Å². The number of nitrogens with one attached hydrogen (secondary N) is 1. The molecule has 242 valence electrons. The Balaban J connectivity index is 1.80. The lowest BCUT2D eigenvalue weighted by atomic mass is 10.0. The topological polar surface area (TPSA) is 105 Å². The molecular formula is C36H41N3O6S. The Morgan fingerprint density at radius 3 is 1.91 bits per heavy atom. The van der Waals surface area contributed by atoms with Gasteiger partial charge in [0.25, 0.3) is 10.0 Å². The quantitative estimate of drug-likeness (QED) is 0.185. The zero-order valence-corrected chi connectivity index (χ0v) is 27.4. The van der Waals surface area contributed by atoms with Crippen molar-refractivity contribution in [1.29, 1.82) is 0 Å². The third-order valence-electron chi connectivity index (χ3n) is 7.73. The molecule has 2 amide bonds. The first-order valence-corrected chi connectivity index (χ1v) is 16.6. The Kier molecular flexibility index (Phi) is 11.8. The summed E-state index contributed by atoms with van der Waals surface area (Å²) in [5.74, 6) is -0.236. The molecule has 0 heterocycles. The summed E-state index contributed by atoms with van der Waals surface area (Å²) in [5.41, 5.74) is 1.98. The molecule has 2 atom stereocenters. The maximum absolute atomic E-state index is 14.5. The van der Waals surface area contributed by atoms with E-state index in [1.165, 1.54) is 37.3 Å². The maximum Gasteiger partial charge on any atom is 0.264 e. The number of hydrogen-bond donors (Lipinski definition) is 1. The number of nitrogens with zero attached hydrogens (tertiary/aromatic N) is 2. The van der Waals surface area contributed by atoms with Crippen molar-refractivity contribution in [2.45, 2.75) is 50.2 Å². The van der Waals surface area contributed by atoms with Crippen LogP contribution < -0.4 is 19.1 Å². The second-order valence-electron chi connectivity index (χ2n) is 10.9. The van der Waals surface area contributed by atoms with E-state index in [2.05, 4.69) is 5.32 Å². The highest BCUT2D eigenvalue weighted by atomic mass is 32.2. The molecule has 4 aromatic carbocycles. The van der Waals surface area contributed by atoms with Crippen LogP contribution >= 0.6 is 0 Å². The van der Waals surface area contributed by atoms with Gasteiger partial charge in [0.2, 0.25) is 11.8 Å². The Hall–Kier alpha value is -4.83. The fraction of sp³-hybridized carbons (Fsp3) is 0.278. The minimum absolute atomic E-state index is 0.0771. The lowest BCUT2D eigenvalue weighted by Crippen LogP contribution is -2.54. The van der Waals surface area contributed by atoms with E-state index in [0.29, 0.717) is 17.9 Å². The van der Waals surface area contributed by atoms with Gasteiger partial charge in [0.15, 0.2) is 11.5 Å². The first-order chi connectivity index (χ1) is 22.2. The van der Waals surface area contributed by atoms with Crippen molar-refractivity contribution >= 4 is 27.5 Å². The summed E-state index contributed by atoms with van der Waals surface area (Å²) in [6.07, 6.45) is 0.956. The van der Waals surface area contributed by atoms with Gasteiger partial charge >= 0.3 is 0 Å². The number of ether oxygens (including phenoxy) is 2. The van der Waals surface area contributed by atoms with Crippen molar-refractivity contribution < 1.29 is 27.5 Å². The van der Waals surface area contributed by atoms with Crippen molar-refractivity contribution in [3.8, 4) is 11.5 Å². The van der Waals surface area contributed by atoms with E-state index in [4.69, 9.17) is 9.47 Å². The summed E-state index contributed by atoms with van der Waals surface area (Å²) >= 11 is 0. The number of methoxy groups -OCH3 is 2. The van der Waals surface area contributed by atoms with E-state index in [1.807, 2.05) is 74.5 Å². The summed E-state index contributed by atoms with van der Waals surface area (Å²) in [7, 11) is -1.41. The Morgan fingerprint density at radius 2 is 1.35 bits per heavy atom. The van der Waals surface area contributed by atoms with Crippen molar-refractivity contribution in [2.24, 2.45) is 0 Å². The minimum atomic E-state index is -4.29. The monoisotopic (exact) mass is 643 g/mol. The number of sulfonamides is 1. The van der Waals surface area contributed by atoms with Crippen LogP contribution in [-0.4, -0.2) is 58.0 Å². The second kappa shape index (κ2) is 15.9. The van der Waals surface area contributed by atoms with Gasteiger partial charge in [0.05, 0.1) is 24.8 Å². The van der Waals surface area contributed by atoms with E-state index in [-0.39, 0.29) is 35.6 Å². The number of benzene rings is 4. The molecule has 0 bridgehead atoms. The maximum atomic E-state index is 14.5. The molecule has 4 aromatic rings. The van der Waals surface area contributed by atoms with Gasteiger partial charge in [0, 0.05) is 25.1 Å². The normalized spacial score (nSPS) is 12.4. The average Bonchev–Trinajstić information content (AvgIpc) is 3.09. The Morgan fingerprint density at radius 1 is 0.783 bits per heavy atom. The van der Waals surface area contributed by atoms with Crippen LogP contribution in [-0.2, 0) is 32.6 Å². The van der Waals surface area contributed by atoms with Crippen LogP contribution in [0.4, 0.5) is 5.69 Å². The molecule has 0 aliphatic rings. The van der Waals surface area contributed by atoms with Crippen LogP contribution in [0.2, 0.25) is 0 Å². The predicted octanol–water partition coefficient (Wildman–Crippen LogP) is 5.45. The van der Waals surface area contributed by atoms with Gasteiger partial charge in [-0.1, -0.05) is 85.8 Å². The van der Waals surface area contributed by atoms with Gasteiger partial charge in [-0.25, -0.2) is 8.42 Å². The van der Waals surface area contributed by atoms with E-state index in [1.54, 1.807) is 30.3 Å². The lowest BCUT2D eigenvalue weighted by molar-refractivity contribution is -0.140. The lowest BCUT2D eigenvalue weighted by Gasteiger charge is -2.34. The van der Waals surface area contributed by atoms with Crippen LogP contribution in [0.1, 0.15) is 31.4 Å². The first-order valence-electron chi connectivity index (χ1n) is 15.1. The third kappa shape index (κ3) is 8.45. The third-order valence-corrected chi connectivity index (χ3v) is 9.50. The summed E-state index contributed by atoms with van der Waals surface area (Å²) in [5, 5.41) is 3.05. The smallest absolute Gasteiger partial charge is 0.264 e. The minimum Gasteiger partial charge on any atom is -0.493 e. The predicted molar refractivity (Wildman–Crippen MR) is 179 cm³/mol. The highest BCUT2D eigenvalue weighted by Gasteiger charge is 2.35. The summed E-state index contributed by atoms with van der Waals surface area (Å²) < 4.78 is 40.3. The highest BCUT2D eigenvalue weighted by Crippen LogP contribution is 2.32. The van der Waals surface area contributed by atoms with Gasteiger partial charge in [-0.05, 0) is 48.7 Å². The zero-order chi connectivity index (χ0) is 33.1. The van der Waals surface area contributed by atoms with Gasteiger partial charge in [-0.3, -0.25) is 13.9 Å². The molecule has 0 aliphatic heterocycles.